The lowest BCUT2D eigenvalue weighted by Gasteiger charge is -2.12. The van der Waals surface area contributed by atoms with Crippen LogP contribution in [-0.2, 0) is 0 Å². The summed E-state index contributed by atoms with van der Waals surface area (Å²) in [6, 6.07) is 83.9. The number of aromatic nitrogens is 3. The molecular formula is C62H39N3O. The Kier molecular flexibility index (Phi) is 8.81. The van der Waals surface area contributed by atoms with Crippen molar-refractivity contribution in [2.24, 2.45) is 0 Å². The third-order valence-electron chi connectivity index (χ3n) is 13.0. The van der Waals surface area contributed by atoms with E-state index in [2.05, 4.69) is 205 Å². The van der Waals surface area contributed by atoms with Gasteiger partial charge in [0.15, 0.2) is 5.82 Å². The molecule has 13 aromatic rings. The van der Waals surface area contributed by atoms with Crippen molar-refractivity contribution in [1.82, 2.24) is 14.5 Å². The van der Waals surface area contributed by atoms with Gasteiger partial charge in [0.25, 0.3) is 0 Å². The quantitative estimate of drug-likeness (QED) is 0.161. The molecule has 0 aliphatic heterocycles. The van der Waals surface area contributed by atoms with Crippen LogP contribution < -0.4 is 0 Å². The largest absolute Gasteiger partial charge is 0.455 e. The fraction of sp³-hybridized carbons (Fsp3) is 0. The molecule has 0 fully saturated rings. The van der Waals surface area contributed by atoms with Crippen molar-refractivity contribution >= 4 is 54.5 Å². The Morgan fingerprint density at radius 2 is 0.848 bits per heavy atom. The van der Waals surface area contributed by atoms with Crippen LogP contribution >= 0.6 is 0 Å². The molecule has 0 aliphatic carbocycles. The highest BCUT2D eigenvalue weighted by Crippen LogP contribution is 2.44. The van der Waals surface area contributed by atoms with Crippen molar-refractivity contribution in [1.29, 1.82) is 0 Å². The van der Waals surface area contributed by atoms with Gasteiger partial charge in [0, 0.05) is 49.3 Å². The van der Waals surface area contributed by atoms with Crippen molar-refractivity contribution < 1.29 is 4.42 Å². The highest BCUT2D eigenvalue weighted by Gasteiger charge is 2.19. The Morgan fingerprint density at radius 3 is 1.55 bits per heavy atom. The Bertz CT molecular complexity index is 3850. The molecular weight excluding hydrogens is 803 g/mol. The second-order valence-corrected chi connectivity index (χ2v) is 16.9. The molecule has 0 saturated heterocycles. The predicted molar refractivity (Wildman–Crippen MR) is 274 cm³/mol. The zero-order valence-electron chi connectivity index (χ0n) is 35.8. The first kappa shape index (κ1) is 37.7. The van der Waals surface area contributed by atoms with E-state index < -0.39 is 0 Å². The molecule has 3 aromatic heterocycles. The van der Waals surface area contributed by atoms with Crippen LogP contribution in [0, 0.1) is 0 Å². The van der Waals surface area contributed by atoms with E-state index in [4.69, 9.17) is 14.4 Å². The van der Waals surface area contributed by atoms with Crippen LogP contribution in [0.5, 0.6) is 0 Å². The fourth-order valence-electron chi connectivity index (χ4n) is 9.89. The second-order valence-electron chi connectivity index (χ2n) is 16.9. The van der Waals surface area contributed by atoms with Crippen LogP contribution in [0.4, 0.5) is 0 Å². The minimum atomic E-state index is 0.707. The maximum absolute atomic E-state index is 6.80. The fourth-order valence-corrected chi connectivity index (χ4v) is 9.89. The molecule has 0 unspecified atom stereocenters. The standard InChI is InChI=1S/C62H39N3O/c1-3-15-42(16-4-1)55-39-56(64-62(63-55)44-17-5-2-6-18-44)43-31-29-40(30-32-43)45-19-13-20-46(37-45)48-25-14-28-59-60(48)54-38-53(49-21-7-8-24-52(49)61(54)66-59)41-33-35-47(36-34-41)65-57-26-11-9-22-50(57)51-23-10-12-27-58(51)65/h1-39H. The summed E-state index contributed by atoms with van der Waals surface area (Å²) in [5.74, 6) is 0.707. The van der Waals surface area contributed by atoms with Gasteiger partial charge < -0.3 is 8.98 Å². The van der Waals surface area contributed by atoms with Crippen molar-refractivity contribution in [2.45, 2.75) is 0 Å². The van der Waals surface area contributed by atoms with E-state index in [9.17, 15) is 0 Å². The summed E-state index contributed by atoms with van der Waals surface area (Å²) >= 11 is 0. The number of furan rings is 1. The Labute approximate surface area is 381 Å². The van der Waals surface area contributed by atoms with E-state index in [0.29, 0.717) is 5.82 Å². The first-order valence-corrected chi connectivity index (χ1v) is 22.4. The summed E-state index contributed by atoms with van der Waals surface area (Å²) in [5, 5.41) is 6.99. The molecule has 0 radical (unpaired) electrons. The van der Waals surface area contributed by atoms with Gasteiger partial charge in [0.05, 0.1) is 22.4 Å². The second kappa shape index (κ2) is 15.4. The summed E-state index contributed by atoms with van der Waals surface area (Å²) in [6.07, 6.45) is 0. The Balaban J connectivity index is 0.886. The van der Waals surface area contributed by atoms with E-state index in [1.54, 1.807) is 0 Å². The summed E-state index contributed by atoms with van der Waals surface area (Å²) in [6.45, 7) is 0. The first-order chi connectivity index (χ1) is 32.7. The molecule has 66 heavy (non-hydrogen) atoms. The average Bonchev–Trinajstić information content (AvgIpc) is 3.95. The number of nitrogens with zero attached hydrogens (tertiary/aromatic N) is 3. The van der Waals surface area contributed by atoms with Crippen LogP contribution in [0.1, 0.15) is 0 Å². The molecule has 0 saturated carbocycles. The zero-order valence-corrected chi connectivity index (χ0v) is 35.8. The van der Waals surface area contributed by atoms with E-state index in [1.165, 1.54) is 27.4 Å². The van der Waals surface area contributed by atoms with Crippen LogP contribution in [0.15, 0.2) is 241 Å². The van der Waals surface area contributed by atoms with Crippen molar-refractivity contribution in [3.05, 3.63) is 237 Å². The molecule has 4 heteroatoms. The summed E-state index contributed by atoms with van der Waals surface area (Å²) in [5.41, 5.74) is 17.0. The van der Waals surface area contributed by atoms with E-state index in [-0.39, 0.29) is 0 Å². The monoisotopic (exact) mass is 841 g/mol. The van der Waals surface area contributed by atoms with Crippen molar-refractivity contribution in [3.63, 3.8) is 0 Å². The average molecular weight is 842 g/mol. The topological polar surface area (TPSA) is 43.9 Å². The van der Waals surface area contributed by atoms with Gasteiger partial charge in [-0.2, -0.15) is 0 Å². The molecule has 0 amide bonds. The third kappa shape index (κ3) is 6.30. The lowest BCUT2D eigenvalue weighted by atomic mass is 9.92. The van der Waals surface area contributed by atoms with Gasteiger partial charge in [0.2, 0.25) is 0 Å². The van der Waals surface area contributed by atoms with Crippen molar-refractivity contribution in [2.75, 3.05) is 0 Å². The van der Waals surface area contributed by atoms with Crippen LogP contribution in [0.3, 0.4) is 0 Å². The molecule has 0 aliphatic rings. The predicted octanol–water partition coefficient (Wildman–Crippen LogP) is 16.6. The molecule has 0 spiro atoms. The minimum absolute atomic E-state index is 0.707. The number of hydrogen-bond donors (Lipinski definition) is 0. The highest BCUT2D eigenvalue weighted by molar-refractivity contribution is 6.22. The van der Waals surface area contributed by atoms with Crippen LogP contribution in [0.2, 0.25) is 0 Å². The number of benzene rings is 10. The molecule has 0 N–H and O–H groups in total. The maximum atomic E-state index is 6.80. The van der Waals surface area contributed by atoms with Gasteiger partial charge in [-0.3, -0.25) is 0 Å². The van der Waals surface area contributed by atoms with Crippen LogP contribution in [0.25, 0.3) is 127 Å². The van der Waals surface area contributed by atoms with Gasteiger partial charge in [0.1, 0.15) is 11.2 Å². The molecule has 13 rings (SSSR count). The van der Waals surface area contributed by atoms with Gasteiger partial charge in [-0.05, 0) is 87.3 Å². The SMILES string of the molecule is c1ccc(-c2cc(-c3ccc(-c4cccc(-c5cccc6oc7c8ccccc8c(-c8ccc(-n9c%10ccccc%10c%10ccccc%109)cc8)cc7c56)c4)cc3)nc(-c3ccccc3)n2)cc1. The zero-order chi connectivity index (χ0) is 43.6. The molecule has 4 nitrogen and oxygen atoms in total. The number of rotatable bonds is 7. The lowest BCUT2D eigenvalue weighted by molar-refractivity contribution is 0.673. The van der Waals surface area contributed by atoms with Gasteiger partial charge in [-0.25, -0.2) is 9.97 Å². The minimum Gasteiger partial charge on any atom is -0.455 e. The van der Waals surface area contributed by atoms with Crippen molar-refractivity contribution in [3.8, 4) is 73.0 Å². The summed E-state index contributed by atoms with van der Waals surface area (Å²) in [4.78, 5) is 10.0. The molecule has 308 valence electrons. The summed E-state index contributed by atoms with van der Waals surface area (Å²) in [7, 11) is 0. The van der Waals surface area contributed by atoms with Crippen LogP contribution in [-0.4, -0.2) is 14.5 Å². The summed E-state index contributed by atoms with van der Waals surface area (Å²) < 4.78 is 9.17. The molecule has 10 aromatic carbocycles. The Morgan fingerprint density at radius 1 is 0.318 bits per heavy atom. The van der Waals surface area contributed by atoms with E-state index in [0.717, 1.165) is 94.3 Å². The third-order valence-corrected chi connectivity index (χ3v) is 13.0. The number of para-hydroxylation sites is 2. The molecule has 0 bridgehead atoms. The molecule has 3 heterocycles. The number of hydrogen-bond acceptors (Lipinski definition) is 3. The Hall–Kier alpha value is -8.86. The van der Waals surface area contributed by atoms with E-state index >= 15 is 0 Å². The first-order valence-electron chi connectivity index (χ1n) is 22.4. The number of fused-ring (bicyclic) bond motifs is 8. The van der Waals surface area contributed by atoms with Gasteiger partial charge in [-0.1, -0.05) is 188 Å². The highest BCUT2D eigenvalue weighted by atomic mass is 16.3. The molecule has 0 atom stereocenters. The van der Waals surface area contributed by atoms with Gasteiger partial charge in [-0.15, -0.1) is 0 Å². The maximum Gasteiger partial charge on any atom is 0.160 e. The normalized spacial score (nSPS) is 11.6. The smallest absolute Gasteiger partial charge is 0.160 e. The van der Waals surface area contributed by atoms with E-state index in [1.807, 2.05) is 36.4 Å². The lowest BCUT2D eigenvalue weighted by Crippen LogP contribution is -1.95. The van der Waals surface area contributed by atoms with Gasteiger partial charge >= 0.3 is 0 Å².